The average molecular weight is 332 g/mol. The third-order valence-corrected chi connectivity index (χ3v) is 3.21. The number of amides is 1. The Hall–Kier alpha value is -3.16. The Morgan fingerprint density at radius 1 is 1.12 bits per heavy atom. The molecule has 1 amide bonds. The molecule has 122 valence electrons. The van der Waals surface area contributed by atoms with Crippen LogP contribution in [0.3, 0.4) is 0 Å². The van der Waals surface area contributed by atoms with Crippen molar-refractivity contribution < 1.29 is 18.0 Å². The highest BCUT2D eigenvalue weighted by atomic mass is 19.4. The van der Waals surface area contributed by atoms with E-state index in [1.807, 2.05) is 0 Å². The number of nitrogens with one attached hydrogen (secondary N) is 1. The minimum absolute atomic E-state index is 0.305. The molecule has 2 heterocycles. The van der Waals surface area contributed by atoms with E-state index < -0.39 is 17.6 Å². The van der Waals surface area contributed by atoms with E-state index >= 15 is 0 Å². The Morgan fingerprint density at radius 3 is 2.67 bits per heavy atom. The maximum Gasteiger partial charge on any atom is 0.416 e. The number of rotatable bonds is 3. The molecule has 0 unspecified atom stereocenters. The van der Waals surface area contributed by atoms with Crippen molar-refractivity contribution >= 4 is 5.91 Å². The summed E-state index contributed by atoms with van der Waals surface area (Å²) in [5.74, 6) is -0.429. The fourth-order valence-corrected chi connectivity index (χ4v) is 2.06. The molecule has 0 atom stereocenters. The number of alkyl halides is 3. The summed E-state index contributed by atoms with van der Waals surface area (Å²) in [6.45, 7) is 0. The third kappa shape index (κ3) is 3.43. The van der Waals surface area contributed by atoms with E-state index in [4.69, 9.17) is 0 Å². The van der Waals surface area contributed by atoms with E-state index in [1.54, 1.807) is 12.1 Å². The second kappa shape index (κ2) is 6.15. The van der Waals surface area contributed by atoms with E-state index in [1.165, 1.54) is 36.8 Å². The number of hydrogen-bond acceptors (Lipinski definition) is 3. The number of pyridine rings is 1. The molecule has 0 aliphatic rings. The van der Waals surface area contributed by atoms with Gasteiger partial charge in [-0.1, -0.05) is 12.1 Å². The third-order valence-electron chi connectivity index (χ3n) is 3.21. The van der Waals surface area contributed by atoms with Gasteiger partial charge in [-0.25, -0.2) is 5.43 Å². The first kappa shape index (κ1) is 15.7. The number of nitrogens with zero attached hydrogens (tertiary/aromatic N) is 3. The maximum absolute atomic E-state index is 12.8. The number of aromatic nitrogens is 3. The van der Waals surface area contributed by atoms with Crippen LogP contribution in [0.2, 0.25) is 0 Å². The molecule has 0 fully saturated rings. The van der Waals surface area contributed by atoms with Crippen LogP contribution < -0.4 is 5.43 Å². The Labute approximate surface area is 134 Å². The summed E-state index contributed by atoms with van der Waals surface area (Å²) in [5.41, 5.74) is 2.70. The zero-order valence-corrected chi connectivity index (χ0v) is 12.2. The molecule has 24 heavy (non-hydrogen) atoms. The van der Waals surface area contributed by atoms with Crippen molar-refractivity contribution in [2.75, 3.05) is 5.43 Å². The van der Waals surface area contributed by atoms with Gasteiger partial charge in [0.05, 0.1) is 16.8 Å². The summed E-state index contributed by atoms with van der Waals surface area (Å²) in [7, 11) is 0. The number of carbonyl (C=O) groups excluding carboxylic acids is 1. The first-order valence-electron chi connectivity index (χ1n) is 6.88. The van der Waals surface area contributed by atoms with Crippen LogP contribution in [0.25, 0.3) is 11.3 Å². The van der Waals surface area contributed by atoms with Crippen LogP contribution in [0.15, 0.2) is 61.1 Å². The topological polar surface area (TPSA) is 59.8 Å². The Balaban J connectivity index is 1.80. The van der Waals surface area contributed by atoms with Crippen molar-refractivity contribution in [3.05, 3.63) is 72.2 Å². The summed E-state index contributed by atoms with van der Waals surface area (Å²) in [6, 6.07) is 9.54. The minimum atomic E-state index is -4.42. The first-order valence-corrected chi connectivity index (χ1v) is 6.88. The first-order chi connectivity index (χ1) is 11.4. The van der Waals surface area contributed by atoms with Crippen molar-refractivity contribution in [1.29, 1.82) is 0 Å². The number of hydrogen-bond donors (Lipinski definition) is 1. The fraction of sp³-hybridized carbons (Fsp3) is 0.0625. The summed E-state index contributed by atoms with van der Waals surface area (Å²) in [6.07, 6.45) is -0.0417. The van der Waals surface area contributed by atoms with Gasteiger partial charge < -0.3 is 0 Å². The monoisotopic (exact) mass is 332 g/mol. The molecule has 1 aromatic carbocycles. The van der Waals surface area contributed by atoms with Gasteiger partial charge in [0.25, 0.3) is 5.91 Å². The lowest BCUT2D eigenvalue weighted by Gasteiger charge is -2.07. The molecule has 0 bridgehead atoms. The van der Waals surface area contributed by atoms with E-state index in [2.05, 4.69) is 15.5 Å². The predicted octanol–water partition coefficient (Wildman–Crippen LogP) is 3.35. The van der Waals surface area contributed by atoms with Gasteiger partial charge in [-0.2, -0.15) is 23.1 Å². The van der Waals surface area contributed by atoms with E-state index in [0.29, 0.717) is 16.8 Å². The zero-order valence-electron chi connectivity index (χ0n) is 12.2. The van der Waals surface area contributed by atoms with Crippen LogP contribution in [0.1, 0.15) is 15.9 Å². The van der Waals surface area contributed by atoms with Gasteiger partial charge in [0.2, 0.25) is 0 Å². The van der Waals surface area contributed by atoms with Crippen molar-refractivity contribution in [1.82, 2.24) is 14.9 Å². The predicted molar refractivity (Wildman–Crippen MR) is 80.6 cm³/mol. The van der Waals surface area contributed by atoms with Crippen molar-refractivity contribution in [3.63, 3.8) is 0 Å². The van der Waals surface area contributed by atoms with Crippen molar-refractivity contribution in [2.45, 2.75) is 6.18 Å². The molecular formula is C16H11F3N4O. The number of halogens is 3. The molecule has 3 aromatic rings. The van der Waals surface area contributed by atoms with Crippen molar-refractivity contribution in [3.8, 4) is 11.3 Å². The van der Waals surface area contributed by atoms with Gasteiger partial charge in [0.1, 0.15) is 0 Å². The Bertz CT molecular complexity index is 859. The Kier molecular flexibility index (Phi) is 4.03. The molecule has 0 saturated carbocycles. The highest BCUT2D eigenvalue weighted by Gasteiger charge is 2.30. The highest BCUT2D eigenvalue weighted by Crippen LogP contribution is 2.31. The molecule has 0 aliphatic heterocycles. The quantitative estimate of drug-likeness (QED) is 0.800. The van der Waals surface area contributed by atoms with Gasteiger partial charge in [-0.05, 0) is 30.3 Å². The molecule has 0 aliphatic carbocycles. The second-order valence-corrected chi connectivity index (χ2v) is 4.91. The highest BCUT2D eigenvalue weighted by molar-refractivity contribution is 5.99. The summed E-state index contributed by atoms with van der Waals surface area (Å²) in [4.78, 5) is 17.0. The molecular weight excluding hydrogens is 321 g/mol. The molecule has 0 saturated heterocycles. The summed E-state index contributed by atoms with van der Waals surface area (Å²) < 4.78 is 38.3. The van der Waals surface area contributed by atoms with Gasteiger partial charge in [0.15, 0.2) is 0 Å². The summed E-state index contributed by atoms with van der Waals surface area (Å²) in [5, 5.41) is 4.07. The van der Waals surface area contributed by atoms with Crippen LogP contribution in [0, 0.1) is 0 Å². The smallest absolute Gasteiger partial charge is 0.267 e. The van der Waals surface area contributed by atoms with Gasteiger partial charge >= 0.3 is 6.18 Å². The van der Waals surface area contributed by atoms with Crippen LogP contribution in [0.4, 0.5) is 13.2 Å². The van der Waals surface area contributed by atoms with Crippen LogP contribution in [-0.4, -0.2) is 20.8 Å². The lowest BCUT2D eigenvalue weighted by molar-refractivity contribution is -0.137. The second-order valence-electron chi connectivity index (χ2n) is 4.91. The van der Waals surface area contributed by atoms with Crippen LogP contribution in [0.5, 0.6) is 0 Å². The van der Waals surface area contributed by atoms with Gasteiger partial charge in [0, 0.05) is 24.2 Å². The van der Waals surface area contributed by atoms with Crippen LogP contribution >= 0.6 is 0 Å². The Morgan fingerprint density at radius 2 is 1.96 bits per heavy atom. The summed E-state index contributed by atoms with van der Waals surface area (Å²) >= 11 is 0. The molecule has 0 spiro atoms. The maximum atomic E-state index is 12.8. The van der Waals surface area contributed by atoms with E-state index in [9.17, 15) is 18.0 Å². The molecule has 1 N–H and O–H groups in total. The van der Waals surface area contributed by atoms with Gasteiger partial charge in [-0.15, -0.1) is 0 Å². The SMILES string of the molecule is O=C(Nn1ccc(-c2cccc(C(F)(F)F)c2)n1)c1cccnc1. The fourth-order valence-electron chi connectivity index (χ4n) is 2.06. The lowest BCUT2D eigenvalue weighted by atomic mass is 10.1. The molecule has 2 aromatic heterocycles. The number of benzene rings is 1. The molecule has 5 nitrogen and oxygen atoms in total. The lowest BCUT2D eigenvalue weighted by Crippen LogP contribution is -2.23. The number of carbonyl (C=O) groups is 1. The largest absolute Gasteiger partial charge is 0.416 e. The normalized spacial score (nSPS) is 11.3. The standard InChI is InChI=1S/C16H11F3N4O/c17-16(18,19)13-5-1-3-11(9-13)14-6-8-23(21-14)22-15(24)12-4-2-7-20-10-12/h1-10H,(H,22,24). The average Bonchev–Trinajstić information content (AvgIpc) is 3.03. The molecule has 8 heteroatoms. The van der Waals surface area contributed by atoms with E-state index in [-0.39, 0.29) is 0 Å². The minimum Gasteiger partial charge on any atom is -0.267 e. The zero-order chi connectivity index (χ0) is 17.2. The molecule has 3 rings (SSSR count). The van der Waals surface area contributed by atoms with E-state index in [0.717, 1.165) is 16.9 Å². The van der Waals surface area contributed by atoms with Crippen LogP contribution in [-0.2, 0) is 6.18 Å². The van der Waals surface area contributed by atoms with Crippen molar-refractivity contribution in [2.24, 2.45) is 0 Å². The van der Waals surface area contributed by atoms with Gasteiger partial charge in [-0.3, -0.25) is 9.78 Å². The molecule has 0 radical (unpaired) electrons.